The Labute approximate surface area is 158 Å². The zero-order chi connectivity index (χ0) is 19.3. The summed E-state index contributed by atoms with van der Waals surface area (Å²) in [5, 5.41) is 0.675. The summed E-state index contributed by atoms with van der Waals surface area (Å²) in [4.78, 5) is 33.2. The Hall–Kier alpha value is -2.21. The van der Waals surface area contributed by atoms with Gasteiger partial charge < -0.3 is 4.74 Å². The maximum atomic E-state index is 12.4. The molecule has 0 unspecified atom stereocenters. The first-order valence-corrected chi connectivity index (χ1v) is 9.39. The zero-order valence-corrected chi connectivity index (χ0v) is 16.6. The standard InChI is InChI=1S/C20H24N2O3S/c1-13-10-14(2)22-19(21-13)26-12-15-8-6-7-9-16(15)18(24)25-11-17(23)20(3,4)5/h6-10H,11-12H2,1-5H3. The van der Waals surface area contributed by atoms with Crippen LogP contribution >= 0.6 is 11.8 Å². The number of thioether (sulfide) groups is 1. The minimum Gasteiger partial charge on any atom is -0.454 e. The van der Waals surface area contributed by atoms with Crippen LogP contribution in [0.3, 0.4) is 0 Å². The molecule has 1 heterocycles. The zero-order valence-electron chi connectivity index (χ0n) is 15.8. The van der Waals surface area contributed by atoms with E-state index in [1.165, 1.54) is 11.8 Å². The highest BCUT2D eigenvalue weighted by atomic mass is 32.2. The van der Waals surface area contributed by atoms with Crippen molar-refractivity contribution < 1.29 is 14.3 Å². The molecule has 0 N–H and O–H groups in total. The molecule has 0 amide bonds. The topological polar surface area (TPSA) is 69.2 Å². The molecule has 26 heavy (non-hydrogen) atoms. The average molecular weight is 372 g/mol. The van der Waals surface area contributed by atoms with Crippen LogP contribution in [0.5, 0.6) is 0 Å². The van der Waals surface area contributed by atoms with Gasteiger partial charge in [0.15, 0.2) is 17.5 Å². The molecule has 0 spiro atoms. The fraction of sp³-hybridized carbons (Fsp3) is 0.400. The molecule has 6 heteroatoms. The van der Waals surface area contributed by atoms with Gasteiger partial charge in [-0.1, -0.05) is 50.7 Å². The number of nitrogens with zero attached hydrogens (tertiary/aromatic N) is 2. The van der Waals surface area contributed by atoms with E-state index in [-0.39, 0.29) is 12.4 Å². The molecule has 0 aliphatic carbocycles. The Balaban J connectivity index is 2.07. The van der Waals surface area contributed by atoms with E-state index in [4.69, 9.17) is 4.74 Å². The number of hydrogen-bond donors (Lipinski definition) is 0. The van der Waals surface area contributed by atoms with Gasteiger partial charge in [-0.25, -0.2) is 14.8 Å². The van der Waals surface area contributed by atoms with Crippen molar-refractivity contribution in [1.29, 1.82) is 0 Å². The number of carbonyl (C=O) groups excluding carboxylic acids is 2. The van der Waals surface area contributed by atoms with Crippen molar-refractivity contribution in [2.75, 3.05) is 6.61 Å². The molecule has 0 aliphatic heterocycles. The van der Waals surface area contributed by atoms with Crippen LogP contribution in [-0.2, 0) is 15.3 Å². The van der Waals surface area contributed by atoms with Crippen LogP contribution in [0.15, 0.2) is 35.5 Å². The predicted molar refractivity (Wildman–Crippen MR) is 102 cm³/mol. The lowest BCUT2D eigenvalue weighted by Crippen LogP contribution is -2.26. The second kappa shape index (κ2) is 8.45. The number of Topliss-reactive ketones (excluding diaryl/α,β-unsaturated/α-hetero) is 1. The van der Waals surface area contributed by atoms with E-state index in [2.05, 4.69) is 9.97 Å². The smallest absolute Gasteiger partial charge is 0.338 e. The number of aromatic nitrogens is 2. The number of carbonyl (C=O) groups is 2. The summed E-state index contributed by atoms with van der Waals surface area (Å²) in [6.45, 7) is 9.04. The van der Waals surface area contributed by atoms with Crippen LogP contribution in [0.1, 0.15) is 48.1 Å². The summed E-state index contributed by atoms with van der Waals surface area (Å²) in [6, 6.07) is 9.15. The van der Waals surface area contributed by atoms with Gasteiger partial charge in [-0.3, -0.25) is 4.79 Å². The minimum absolute atomic E-state index is 0.110. The van der Waals surface area contributed by atoms with Gasteiger partial charge in [-0.05, 0) is 31.5 Å². The lowest BCUT2D eigenvalue weighted by molar-refractivity contribution is -0.129. The second-order valence-electron chi connectivity index (χ2n) is 7.13. The van der Waals surface area contributed by atoms with E-state index in [9.17, 15) is 9.59 Å². The van der Waals surface area contributed by atoms with Crippen molar-refractivity contribution in [3.05, 3.63) is 52.8 Å². The molecule has 138 valence electrons. The van der Waals surface area contributed by atoms with Crippen LogP contribution in [-0.4, -0.2) is 28.3 Å². The summed E-state index contributed by atoms with van der Waals surface area (Å²) in [6.07, 6.45) is 0. The molecule has 1 aromatic heterocycles. The summed E-state index contributed by atoms with van der Waals surface area (Å²) in [5.74, 6) is -0.0528. The molecule has 0 bridgehead atoms. The van der Waals surface area contributed by atoms with Gasteiger partial charge in [-0.2, -0.15) is 0 Å². The molecule has 0 radical (unpaired) electrons. The Morgan fingerprint density at radius 3 is 2.31 bits per heavy atom. The van der Waals surface area contributed by atoms with E-state index in [1.54, 1.807) is 32.9 Å². The van der Waals surface area contributed by atoms with E-state index >= 15 is 0 Å². The number of ketones is 1. The number of aryl methyl sites for hydroxylation is 2. The number of rotatable bonds is 6. The van der Waals surface area contributed by atoms with Gasteiger partial charge in [0.25, 0.3) is 0 Å². The molecule has 0 fully saturated rings. The molecular formula is C20H24N2O3S. The Bertz CT molecular complexity index is 793. The van der Waals surface area contributed by atoms with Gasteiger partial charge in [0, 0.05) is 22.6 Å². The quantitative estimate of drug-likeness (QED) is 0.431. The van der Waals surface area contributed by atoms with Gasteiger partial charge >= 0.3 is 5.97 Å². The number of ether oxygens (including phenoxy) is 1. The molecule has 1 aromatic carbocycles. The third-order valence-electron chi connectivity index (χ3n) is 3.73. The second-order valence-corrected chi connectivity index (χ2v) is 8.07. The van der Waals surface area contributed by atoms with Gasteiger partial charge in [-0.15, -0.1) is 0 Å². The maximum Gasteiger partial charge on any atom is 0.338 e. The van der Waals surface area contributed by atoms with E-state index < -0.39 is 11.4 Å². The lowest BCUT2D eigenvalue weighted by atomic mass is 9.91. The maximum absolute atomic E-state index is 12.4. The fourth-order valence-electron chi connectivity index (χ4n) is 2.17. The van der Waals surface area contributed by atoms with Crippen molar-refractivity contribution in [3.8, 4) is 0 Å². The van der Waals surface area contributed by atoms with E-state index in [0.29, 0.717) is 16.5 Å². The van der Waals surface area contributed by atoms with Crippen LogP contribution in [0, 0.1) is 19.3 Å². The fourth-order valence-corrected chi connectivity index (χ4v) is 3.12. The summed E-state index contributed by atoms with van der Waals surface area (Å²) < 4.78 is 5.22. The Morgan fingerprint density at radius 2 is 1.69 bits per heavy atom. The van der Waals surface area contributed by atoms with Crippen molar-refractivity contribution in [1.82, 2.24) is 9.97 Å². The van der Waals surface area contributed by atoms with Crippen LogP contribution in [0.2, 0.25) is 0 Å². The number of benzene rings is 1. The molecule has 0 aliphatic rings. The SMILES string of the molecule is Cc1cc(C)nc(SCc2ccccc2C(=O)OCC(=O)C(C)(C)C)n1. The predicted octanol–water partition coefficient (Wildman–Crippen LogP) is 4.16. The first-order valence-electron chi connectivity index (χ1n) is 8.40. The first kappa shape index (κ1) is 20.1. The lowest BCUT2D eigenvalue weighted by Gasteiger charge is -2.16. The Morgan fingerprint density at radius 1 is 1.08 bits per heavy atom. The van der Waals surface area contributed by atoms with Gasteiger partial charge in [0.2, 0.25) is 0 Å². The first-order chi connectivity index (χ1) is 12.2. The van der Waals surface area contributed by atoms with Crippen molar-refractivity contribution in [3.63, 3.8) is 0 Å². The normalized spacial score (nSPS) is 11.3. The molecule has 2 rings (SSSR count). The average Bonchev–Trinajstić information content (AvgIpc) is 2.56. The Kier molecular flexibility index (Phi) is 6.53. The highest BCUT2D eigenvalue weighted by Gasteiger charge is 2.23. The molecule has 5 nitrogen and oxygen atoms in total. The molecule has 0 saturated heterocycles. The third kappa shape index (κ3) is 5.66. The molecule has 2 aromatic rings. The van der Waals surface area contributed by atoms with Crippen LogP contribution in [0.25, 0.3) is 0 Å². The van der Waals surface area contributed by atoms with Crippen LogP contribution in [0.4, 0.5) is 0 Å². The highest BCUT2D eigenvalue weighted by Crippen LogP contribution is 2.23. The number of hydrogen-bond acceptors (Lipinski definition) is 6. The third-order valence-corrected chi connectivity index (χ3v) is 4.62. The van der Waals surface area contributed by atoms with Crippen LogP contribution < -0.4 is 0 Å². The van der Waals surface area contributed by atoms with Gasteiger partial charge in [0.1, 0.15) is 0 Å². The van der Waals surface area contributed by atoms with E-state index in [0.717, 1.165) is 17.0 Å². The molecule has 0 saturated carbocycles. The summed E-state index contributed by atoms with van der Waals surface area (Å²) >= 11 is 1.47. The molecule has 0 atom stereocenters. The van der Waals surface area contributed by atoms with Crippen molar-refractivity contribution in [2.45, 2.75) is 45.5 Å². The monoisotopic (exact) mass is 372 g/mol. The summed E-state index contributed by atoms with van der Waals surface area (Å²) in [7, 11) is 0. The van der Waals surface area contributed by atoms with Crippen molar-refractivity contribution >= 4 is 23.5 Å². The minimum atomic E-state index is -0.532. The van der Waals surface area contributed by atoms with Gasteiger partial charge in [0.05, 0.1) is 5.56 Å². The largest absolute Gasteiger partial charge is 0.454 e. The number of esters is 1. The van der Waals surface area contributed by atoms with E-state index in [1.807, 2.05) is 32.0 Å². The summed E-state index contributed by atoms with van der Waals surface area (Å²) in [5.41, 5.74) is 2.58. The molecular weight excluding hydrogens is 348 g/mol. The highest BCUT2D eigenvalue weighted by molar-refractivity contribution is 7.98. The van der Waals surface area contributed by atoms with Crippen molar-refractivity contribution in [2.24, 2.45) is 5.41 Å².